The van der Waals surface area contributed by atoms with Crippen molar-refractivity contribution in [1.82, 2.24) is 19.6 Å². The van der Waals surface area contributed by atoms with Crippen molar-refractivity contribution in [3.63, 3.8) is 0 Å². The van der Waals surface area contributed by atoms with Crippen LogP contribution in [0.5, 0.6) is 0 Å². The van der Waals surface area contributed by atoms with Gasteiger partial charge in [0, 0.05) is 61.5 Å². The van der Waals surface area contributed by atoms with Crippen LogP contribution in [-0.4, -0.2) is 94.8 Å². The van der Waals surface area contributed by atoms with E-state index in [1.807, 2.05) is 34.1 Å². The standard InChI is InChI=1S/C26H38N4O2/c1-19-15-27-13-5-3-7-23(27)17-29(19)25(31)21-9-11-22(12-10-21)26(32)30-18-24-8-4-6-14-28(24)16-20(30)2/h9-12,19-20,23-24H,3-8,13-18H2,1-2H3. The Morgan fingerprint density at radius 1 is 0.656 bits per heavy atom. The average Bonchev–Trinajstić information content (AvgIpc) is 2.82. The Hall–Kier alpha value is -1.92. The Balaban J connectivity index is 1.25. The van der Waals surface area contributed by atoms with Gasteiger partial charge < -0.3 is 9.80 Å². The number of rotatable bonds is 2. The summed E-state index contributed by atoms with van der Waals surface area (Å²) < 4.78 is 0. The van der Waals surface area contributed by atoms with Crippen molar-refractivity contribution in [2.75, 3.05) is 39.3 Å². The zero-order valence-corrected chi connectivity index (χ0v) is 19.7. The monoisotopic (exact) mass is 438 g/mol. The molecule has 0 aliphatic carbocycles. The van der Waals surface area contributed by atoms with E-state index in [2.05, 4.69) is 23.6 Å². The number of hydrogen-bond acceptors (Lipinski definition) is 4. The van der Waals surface area contributed by atoms with Gasteiger partial charge in [-0.15, -0.1) is 0 Å². The summed E-state index contributed by atoms with van der Waals surface area (Å²) in [5.74, 6) is 0.205. The Labute approximate surface area is 192 Å². The summed E-state index contributed by atoms with van der Waals surface area (Å²) in [6, 6.07) is 8.90. The van der Waals surface area contributed by atoms with Gasteiger partial charge in [0.15, 0.2) is 0 Å². The largest absolute Gasteiger partial charge is 0.333 e. The third-order valence-electron chi connectivity index (χ3n) is 8.28. The number of hydrogen-bond donors (Lipinski definition) is 0. The SMILES string of the molecule is CC1CN2CCCCC2CN1C(=O)c1ccc(C(=O)N2CC3CCCCN3CC2C)cc1. The number of piperidine rings is 2. The Kier molecular flexibility index (Phi) is 6.26. The van der Waals surface area contributed by atoms with Crippen LogP contribution in [0.1, 0.15) is 73.1 Å². The topological polar surface area (TPSA) is 47.1 Å². The Morgan fingerprint density at radius 2 is 1.06 bits per heavy atom. The molecule has 32 heavy (non-hydrogen) atoms. The lowest BCUT2D eigenvalue weighted by molar-refractivity contribution is 0.0146. The molecule has 4 saturated heterocycles. The summed E-state index contributed by atoms with van der Waals surface area (Å²) in [4.78, 5) is 35.8. The van der Waals surface area contributed by atoms with Crippen LogP contribution in [0.4, 0.5) is 0 Å². The number of piperazine rings is 2. The van der Waals surface area contributed by atoms with Crippen molar-refractivity contribution in [3.8, 4) is 0 Å². The lowest BCUT2D eigenvalue weighted by Gasteiger charge is -2.47. The molecule has 0 N–H and O–H groups in total. The van der Waals surface area contributed by atoms with E-state index in [-0.39, 0.29) is 23.9 Å². The van der Waals surface area contributed by atoms with Crippen LogP contribution in [0, 0.1) is 0 Å². The Morgan fingerprint density at radius 3 is 1.47 bits per heavy atom. The molecule has 6 nitrogen and oxygen atoms in total. The number of carbonyl (C=O) groups excluding carboxylic acids is 2. The molecular formula is C26H38N4O2. The number of nitrogens with zero attached hydrogens (tertiary/aromatic N) is 4. The minimum atomic E-state index is 0.103. The van der Waals surface area contributed by atoms with Gasteiger partial charge in [0.2, 0.25) is 0 Å². The second-order valence-corrected chi connectivity index (χ2v) is 10.5. The maximum absolute atomic E-state index is 13.3. The number of carbonyl (C=O) groups is 2. The first-order valence-corrected chi connectivity index (χ1v) is 12.7. The molecule has 4 aliphatic rings. The lowest BCUT2D eigenvalue weighted by Crippen LogP contribution is -2.60. The van der Waals surface area contributed by atoms with Gasteiger partial charge in [0.25, 0.3) is 11.8 Å². The van der Waals surface area contributed by atoms with Crippen molar-refractivity contribution in [2.24, 2.45) is 0 Å². The van der Waals surface area contributed by atoms with E-state index >= 15 is 0 Å². The first-order valence-electron chi connectivity index (χ1n) is 12.7. The summed E-state index contributed by atoms with van der Waals surface area (Å²) in [5.41, 5.74) is 1.39. The summed E-state index contributed by atoms with van der Waals surface area (Å²) in [6.07, 6.45) is 7.47. The molecule has 0 aromatic heterocycles. The fourth-order valence-electron chi connectivity index (χ4n) is 6.36. The van der Waals surface area contributed by atoms with Crippen molar-refractivity contribution in [3.05, 3.63) is 35.4 Å². The van der Waals surface area contributed by atoms with Gasteiger partial charge in [-0.1, -0.05) is 12.8 Å². The van der Waals surface area contributed by atoms with Crippen LogP contribution < -0.4 is 0 Å². The predicted molar refractivity (Wildman–Crippen MR) is 126 cm³/mol. The molecule has 4 atom stereocenters. The molecule has 0 spiro atoms. The normalized spacial score (nSPS) is 31.7. The van der Waals surface area contributed by atoms with Gasteiger partial charge >= 0.3 is 0 Å². The van der Waals surface area contributed by atoms with E-state index in [1.54, 1.807) is 0 Å². The summed E-state index contributed by atoms with van der Waals surface area (Å²) >= 11 is 0. The molecule has 6 heteroatoms. The quantitative estimate of drug-likeness (QED) is 0.712. The van der Waals surface area contributed by atoms with Gasteiger partial charge in [0.05, 0.1) is 0 Å². The molecule has 1 aromatic rings. The van der Waals surface area contributed by atoms with Crippen LogP contribution in [0.25, 0.3) is 0 Å². The van der Waals surface area contributed by atoms with Gasteiger partial charge in [0.1, 0.15) is 0 Å². The smallest absolute Gasteiger partial charge is 0.254 e. The molecule has 4 aliphatic heterocycles. The highest BCUT2D eigenvalue weighted by atomic mass is 16.2. The summed E-state index contributed by atoms with van der Waals surface area (Å²) in [5, 5.41) is 0. The third kappa shape index (κ3) is 4.19. The van der Waals surface area contributed by atoms with E-state index in [0.717, 1.165) is 26.2 Å². The maximum Gasteiger partial charge on any atom is 0.254 e. The van der Waals surface area contributed by atoms with E-state index < -0.39 is 0 Å². The lowest BCUT2D eigenvalue weighted by atomic mass is 9.96. The zero-order chi connectivity index (χ0) is 22.2. The van der Waals surface area contributed by atoms with Crippen molar-refractivity contribution < 1.29 is 9.59 Å². The molecule has 0 saturated carbocycles. The van der Waals surface area contributed by atoms with Crippen LogP contribution in [0.2, 0.25) is 0 Å². The fraction of sp³-hybridized carbons (Fsp3) is 0.692. The minimum absolute atomic E-state index is 0.103. The molecule has 4 fully saturated rings. The number of amides is 2. The van der Waals surface area contributed by atoms with E-state index in [9.17, 15) is 9.59 Å². The summed E-state index contributed by atoms with van der Waals surface area (Å²) in [7, 11) is 0. The van der Waals surface area contributed by atoms with E-state index in [1.165, 1.54) is 51.6 Å². The van der Waals surface area contributed by atoms with Crippen LogP contribution in [0.15, 0.2) is 24.3 Å². The number of fused-ring (bicyclic) bond motifs is 2. The van der Waals surface area contributed by atoms with Gasteiger partial charge in [-0.05, 0) is 76.9 Å². The zero-order valence-electron chi connectivity index (χ0n) is 19.7. The molecular weight excluding hydrogens is 400 g/mol. The van der Waals surface area contributed by atoms with Gasteiger partial charge in [-0.2, -0.15) is 0 Å². The summed E-state index contributed by atoms with van der Waals surface area (Å²) in [6.45, 7) is 10.2. The van der Waals surface area contributed by atoms with Crippen LogP contribution in [-0.2, 0) is 0 Å². The van der Waals surface area contributed by atoms with Crippen LogP contribution >= 0.6 is 0 Å². The second kappa shape index (κ2) is 9.14. The van der Waals surface area contributed by atoms with Gasteiger partial charge in [-0.25, -0.2) is 0 Å². The molecule has 1 aromatic carbocycles. The fourth-order valence-corrected chi connectivity index (χ4v) is 6.36. The Bertz CT molecular complexity index is 772. The number of benzene rings is 1. The van der Waals surface area contributed by atoms with Crippen LogP contribution in [0.3, 0.4) is 0 Å². The molecule has 2 amide bonds. The minimum Gasteiger partial charge on any atom is -0.333 e. The molecule has 5 rings (SSSR count). The highest BCUT2D eigenvalue weighted by Crippen LogP contribution is 2.27. The highest BCUT2D eigenvalue weighted by molar-refractivity contribution is 5.98. The van der Waals surface area contributed by atoms with Crippen molar-refractivity contribution in [1.29, 1.82) is 0 Å². The van der Waals surface area contributed by atoms with E-state index in [4.69, 9.17) is 0 Å². The average molecular weight is 439 g/mol. The molecule has 4 heterocycles. The highest BCUT2D eigenvalue weighted by Gasteiger charge is 2.37. The van der Waals surface area contributed by atoms with Crippen molar-refractivity contribution >= 4 is 11.8 Å². The second-order valence-electron chi connectivity index (χ2n) is 10.5. The molecule has 4 unspecified atom stereocenters. The van der Waals surface area contributed by atoms with E-state index in [0.29, 0.717) is 23.2 Å². The maximum atomic E-state index is 13.3. The predicted octanol–water partition coefficient (Wildman–Crippen LogP) is 3.08. The van der Waals surface area contributed by atoms with Crippen molar-refractivity contribution in [2.45, 2.75) is 76.5 Å². The first kappa shape index (κ1) is 21.9. The third-order valence-corrected chi connectivity index (χ3v) is 8.28. The first-order chi connectivity index (χ1) is 15.5. The molecule has 174 valence electrons. The molecule has 0 bridgehead atoms. The van der Waals surface area contributed by atoms with Gasteiger partial charge in [-0.3, -0.25) is 19.4 Å². The molecule has 0 radical (unpaired) electrons.